The lowest BCUT2D eigenvalue weighted by Crippen LogP contribution is -2.61. The highest BCUT2D eigenvalue weighted by Gasteiger charge is 2.41. The number of carbonyl (C=O) groups is 2. The standard InChI is InChI=1S/C22H24N2O4/c1-27-19-8-7-15(11-20(19)28-2)9-10-23-14-21(25)24-13-17-6-4-3-5-16(17)12-18(24)22(23)26/h3-8,11,18H,9-10,12-14H2,1-2H3/t18-/m0/s1. The highest BCUT2D eigenvalue weighted by atomic mass is 16.5. The van der Waals surface area contributed by atoms with Crippen LogP contribution in [0, 0.1) is 0 Å². The summed E-state index contributed by atoms with van der Waals surface area (Å²) in [5.41, 5.74) is 3.33. The molecule has 2 amide bonds. The molecule has 0 unspecified atom stereocenters. The fourth-order valence-electron chi connectivity index (χ4n) is 4.04. The molecule has 0 radical (unpaired) electrons. The zero-order valence-corrected chi connectivity index (χ0v) is 16.2. The van der Waals surface area contributed by atoms with Crippen molar-refractivity contribution in [2.75, 3.05) is 27.3 Å². The van der Waals surface area contributed by atoms with E-state index in [0.717, 1.165) is 16.7 Å². The summed E-state index contributed by atoms with van der Waals surface area (Å²) in [4.78, 5) is 29.2. The minimum Gasteiger partial charge on any atom is -0.493 e. The molecule has 146 valence electrons. The largest absolute Gasteiger partial charge is 0.493 e. The highest BCUT2D eigenvalue weighted by molar-refractivity contribution is 5.95. The van der Waals surface area contributed by atoms with E-state index in [1.54, 1.807) is 24.0 Å². The van der Waals surface area contributed by atoms with Crippen molar-refractivity contribution in [3.05, 3.63) is 59.2 Å². The third-order valence-electron chi connectivity index (χ3n) is 5.61. The van der Waals surface area contributed by atoms with Crippen LogP contribution in [0.25, 0.3) is 0 Å². The van der Waals surface area contributed by atoms with Crippen LogP contribution in [0.1, 0.15) is 16.7 Å². The average Bonchev–Trinajstić information content (AvgIpc) is 2.74. The number of carbonyl (C=O) groups excluding carboxylic acids is 2. The number of ether oxygens (including phenoxy) is 2. The van der Waals surface area contributed by atoms with Gasteiger partial charge < -0.3 is 19.3 Å². The van der Waals surface area contributed by atoms with Gasteiger partial charge in [-0.15, -0.1) is 0 Å². The van der Waals surface area contributed by atoms with Crippen LogP contribution in [-0.2, 0) is 29.0 Å². The molecule has 6 heteroatoms. The van der Waals surface area contributed by atoms with Crippen molar-refractivity contribution in [3.8, 4) is 11.5 Å². The number of hydrogen-bond acceptors (Lipinski definition) is 4. The Balaban J connectivity index is 1.47. The molecule has 0 saturated carbocycles. The quantitative estimate of drug-likeness (QED) is 0.797. The Bertz CT molecular complexity index is 911. The molecule has 0 aliphatic carbocycles. The fourth-order valence-corrected chi connectivity index (χ4v) is 4.04. The third kappa shape index (κ3) is 3.30. The van der Waals surface area contributed by atoms with Crippen LogP contribution in [0.4, 0.5) is 0 Å². The minimum absolute atomic E-state index is 0.0198. The fraction of sp³-hybridized carbons (Fsp3) is 0.364. The number of methoxy groups -OCH3 is 2. The summed E-state index contributed by atoms with van der Waals surface area (Å²) >= 11 is 0. The van der Waals surface area contributed by atoms with Crippen LogP contribution in [0.5, 0.6) is 11.5 Å². The van der Waals surface area contributed by atoms with E-state index >= 15 is 0 Å². The monoisotopic (exact) mass is 380 g/mol. The number of hydrogen-bond donors (Lipinski definition) is 0. The Hall–Kier alpha value is -3.02. The van der Waals surface area contributed by atoms with Crippen molar-refractivity contribution >= 4 is 11.8 Å². The number of nitrogens with zero attached hydrogens (tertiary/aromatic N) is 2. The smallest absolute Gasteiger partial charge is 0.246 e. The van der Waals surface area contributed by atoms with Crippen molar-refractivity contribution in [2.45, 2.75) is 25.4 Å². The molecule has 0 N–H and O–H groups in total. The van der Waals surface area contributed by atoms with Gasteiger partial charge in [-0.25, -0.2) is 0 Å². The van der Waals surface area contributed by atoms with Gasteiger partial charge in [0.05, 0.1) is 20.8 Å². The molecule has 0 bridgehead atoms. The van der Waals surface area contributed by atoms with E-state index in [0.29, 0.717) is 37.4 Å². The summed E-state index contributed by atoms with van der Waals surface area (Å²) in [5.74, 6) is 1.39. The van der Waals surface area contributed by atoms with Crippen molar-refractivity contribution in [3.63, 3.8) is 0 Å². The number of rotatable bonds is 5. The first kappa shape index (κ1) is 18.3. The number of benzene rings is 2. The molecule has 2 aliphatic rings. The van der Waals surface area contributed by atoms with E-state index in [9.17, 15) is 9.59 Å². The molecule has 2 heterocycles. The van der Waals surface area contributed by atoms with Gasteiger partial charge >= 0.3 is 0 Å². The first-order valence-electron chi connectivity index (χ1n) is 9.46. The number of piperazine rings is 1. The van der Waals surface area contributed by atoms with Crippen LogP contribution in [0.3, 0.4) is 0 Å². The summed E-state index contributed by atoms with van der Waals surface area (Å²) in [7, 11) is 3.20. The van der Waals surface area contributed by atoms with Gasteiger partial charge in [0.2, 0.25) is 11.8 Å². The lowest BCUT2D eigenvalue weighted by atomic mass is 9.91. The maximum atomic E-state index is 13.0. The van der Waals surface area contributed by atoms with Crippen LogP contribution in [0.2, 0.25) is 0 Å². The SMILES string of the molecule is COc1ccc(CCN2CC(=O)N3Cc4ccccc4C[C@H]3C2=O)cc1OC. The van der Waals surface area contributed by atoms with Crippen LogP contribution >= 0.6 is 0 Å². The van der Waals surface area contributed by atoms with Gasteiger partial charge in [-0.05, 0) is 35.2 Å². The maximum absolute atomic E-state index is 13.0. The second kappa shape index (κ2) is 7.54. The van der Waals surface area contributed by atoms with E-state index in [1.807, 2.05) is 42.5 Å². The summed E-state index contributed by atoms with van der Waals surface area (Å²) < 4.78 is 10.6. The van der Waals surface area contributed by atoms with Gasteiger partial charge in [0.25, 0.3) is 0 Å². The second-order valence-corrected chi connectivity index (χ2v) is 7.21. The zero-order valence-electron chi connectivity index (χ0n) is 16.2. The molecule has 2 aromatic rings. The predicted molar refractivity (Wildman–Crippen MR) is 104 cm³/mol. The molecule has 28 heavy (non-hydrogen) atoms. The first-order valence-corrected chi connectivity index (χ1v) is 9.46. The predicted octanol–water partition coefficient (Wildman–Crippen LogP) is 2.04. The first-order chi connectivity index (χ1) is 13.6. The second-order valence-electron chi connectivity index (χ2n) is 7.21. The van der Waals surface area contributed by atoms with E-state index in [2.05, 4.69) is 0 Å². The molecule has 2 aromatic carbocycles. The van der Waals surface area contributed by atoms with Crippen molar-refractivity contribution in [1.82, 2.24) is 9.80 Å². The molecule has 2 aliphatic heterocycles. The lowest BCUT2D eigenvalue weighted by molar-refractivity contribution is -0.157. The van der Waals surface area contributed by atoms with Gasteiger partial charge in [-0.1, -0.05) is 30.3 Å². The maximum Gasteiger partial charge on any atom is 0.246 e. The Morgan fingerprint density at radius 1 is 0.964 bits per heavy atom. The lowest BCUT2D eigenvalue weighted by Gasteiger charge is -2.43. The number of fused-ring (bicyclic) bond motifs is 2. The van der Waals surface area contributed by atoms with Crippen LogP contribution in [0.15, 0.2) is 42.5 Å². The summed E-state index contributed by atoms with van der Waals surface area (Å²) in [6.45, 7) is 1.17. The number of amides is 2. The molecule has 1 saturated heterocycles. The van der Waals surface area contributed by atoms with Gasteiger partial charge in [0, 0.05) is 19.5 Å². The van der Waals surface area contributed by atoms with Gasteiger partial charge in [-0.2, -0.15) is 0 Å². The van der Waals surface area contributed by atoms with Crippen molar-refractivity contribution in [1.29, 1.82) is 0 Å². The molecule has 4 rings (SSSR count). The van der Waals surface area contributed by atoms with Gasteiger partial charge in [0.15, 0.2) is 11.5 Å². The van der Waals surface area contributed by atoms with Gasteiger partial charge in [0.1, 0.15) is 6.04 Å². The van der Waals surface area contributed by atoms with E-state index in [1.165, 1.54) is 0 Å². The van der Waals surface area contributed by atoms with Crippen molar-refractivity contribution in [2.24, 2.45) is 0 Å². The molecule has 6 nitrogen and oxygen atoms in total. The van der Waals surface area contributed by atoms with Gasteiger partial charge in [-0.3, -0.25) is 9.59 Å². The third-order valence-corrected chi connectivity index (χ3v) is 5.61. The zero-order chi connectivity index (χ0) is 19.7. The topological polar surface area (TPSA) is 59.1 Å². The Morgan fingerprint density at radius 3 is 2.46 bits per heavy atom. The Morgan fingerprint density at radius 2 is 1.71 bits per heavy atom. The molecule has 1 atom stereocenters. The molecule has 0 spiro atoms. The summed E-state index contributed by atoms with van der Waals surface area (Å²) in [6.07, 6.45) is 1.25. The molecule has 0 aromatic heterocycles. The summed E-state index contributed by atoms with van der Waals surface area (Å²) in [5, 5.41) is 0. The summed E-state index contributed by atoms with van der Waals surface area (Å²) in [6, 6.07) is 13.4. The Kier molecular flexibility index (Phi) is 4.94. The Labute approximate surface area is 164 Å². The molecule has 1 fully saturated rings. The minimum atomic E-state index is -0.387. The highest BCUT2D eigenvalue weighted by Crippen LogP contribution is 2.29. The van der Waals surface area contributed by atoms with E-state index < -0.39 is 0 Å². The average molecular weight is 380 g/mol. The van der Waals surface area contributed by atoms with Crippen molar-refractivity contribution < 1.29 is 19.1 Å². The normalized spacial score (nSPS) is 18.6. The van der Waals surface area contributed by atoms with E-state index in [-0.39, 0.29) is 24.4 Å². The molecular weight excluding hydrogens is 356 g/mol. The van der Waals surface area contributed by atoms with Crippen LogP contribution in [-0.4, -0.2) is 55.0 Å². The van der Waals surface area contributed by atoms with Crippen LogP contribution < -0.4 is 9.47 Å². The molecular formula is C22H24N2O4. The van der Waals surface area contributed by atoms with E-state index in [4.69, 9.17) is 9.47 Å².